The van der Waals surface area contributed by atoms with Gasteiger partial charge in [0.2, 0.25) is 0 Å². The second kappa shape index (κ2) is 7.34. The third kappa shape index (κ3) is 4.23. The normalized spacial score (nSPS) is 16.2. The number of hydrogen-bond donors (Lipinski definition) is 3. The van der Waals surface area contributed by atoms with Gasteiger partial charge in [-0.05, 0) is 31.2 Å². The van der Waals surface area contributed by atoms with Crippen LogP contribution in [0.3, 0.4) is 0 Å². The number of H-pyrrole nitrogens is 1. The summed E-state index contributed by atoms with van der Waals surface area (Å²) in [5.41, 5.74) is -0.265. The van der Waals surface area contributed by atoms with Gasteiger partial charge >= 0.3 is 7.60 Å². The molecule has 1 saturated heterocycles. The molecule has 0 amide bonds. The molecule has 26 heavy (non-hydrogen) atoms. The summed E-state index contributed by atoms with van der Waals surface area (Å²) in [5, 5.41) is 7.63. The predicted octanol–water partition coefficient (Wildman–Crippen LogP) is 1.17. The molecule has 3 rings (SSSR count). The zero-order valence-corrected chi connectivity index (χ0v) is 15.8. The van der Waals surface area contributed by atoms with Crippen LogP contribution >= 0.6 is 7.60 Å². The number of rotatable bonds is 5. The highest BCUT2D eigenvalue weighted by molar-refractivity contribution is 7.51. The van der Waals surface area contributed by atoms with Gasteiger partial charge in [-0.25, -0.2) is 10.1 Å². The lowest BCUT2D eigenvalue weighted by atomic mass is 9.94. The molecule has 1 fully saturated rings. The van der Waals surface area contributed by atoms with E-state index in [1.165, 1.54) is 0 Å². The fraction of sp³-hybridized carbons (Fsp3) is 0.562. The number of fused-ring (bicyclic) bond motifs is 1. The number of hydrogen-bond acceptors (Lipinski definition) is 6. The van der Waals surface area contributed by atoms with Crippen LogP contribution in [0.4, 0.5) is 11.6 Å². The Balaban J connectivity index is 1.85. The van der Waals surface area contributed by atoms with E-state index in [0.717, 1.165) is 24.0 Å². The summed E-state index contributed by atoms with van der Waals surface area (Å²) < 4.78 is 11.1. The molecule has 2 aromatic rings. The summed E-state index contributed by atoms with van der Waals surface area (Å²) in [7, 11) is -0.155. The third-order valence-corrected chi connectivity index (χ3v) is 5.66. The first-order valence-corrected chi connectivity index (χ1v) is 10.4. The van der Waals surface area contributed by atoms with Crippen molar-refractivity contribution in [1.29, 1.82) is 0 Å². The predicted molar refractivity (Wildman–Crippen MR) is 101 cm³/mol. The topological polar surface area (TPSA) is 123 Å². The first-order valence-electron chi connectivity index (χ1n) is 8.60. The largest absolute Gasteiger partial charge is 0.363 e. The molecule has 0 saturated carbocycles. The van der Waals surface area contributed by atoms with Crippen molar-refractivity contribution in [2.45, 2.75) is 19.3 Å². The minimum atomic E-state index is -3.95. The number of anilines is 2. The summed E-state index contributed by atoms with van der Waals surface area (Å²) in [5.74, 6) is 1.67. The molecule has 0 aromatic carbocycles. The monoisotopic (exact) mass is 381 g/mol. The molecular weight excluding hydrogens is 357 g/mol. The molecule has 0 atom stereocenters. The van der Waals surface area contributed by atoms with Crippen molar-refractivity contribution in [3.05, 3.63) is 22.6 Å². The molecule has 0 radical (unpaired) electrons. The van der Waals surface area contributed by atoms with Crippen LogP contribution in [0.1, 0.15) is 19.3 Å². The summed E-state index contributed by atoms with van der Waals surface area (Å²) in [4.78, 5) is 39.1. The quantitative estimate of drug-likeness (QED) is 0.660. The number of aromatic amines is 1. The standard InChI is InChI=1S/C16H24N5O4P/c1-20(2)13-9-12-10-17-19-16(22)14(12)15(18-13)21-6-3-11(4-7-21)5-8-26(23,24)25/h9-11H,3-8H2,1-2H3,(H,19,22)(H2,23,24,25). The van der Waals surface area contributed by atoms with Crippen molar-refractivity contribution < 1.29 is 14.4 Å². The van der Waals surface area contributed by atoms with Gasteiger partial charge in [-0.1, -0.05) is 0 Å². The molecule has 3 heterocycles. The van der Waals surface area contributed by atoms with Gasteiger partial charge in [0.25, 0.3) is 5.56 Å². The molecule has 0 aliphatic carbocycles. The van der Waals surface area contributed by atoms with Crippen molar-refractivity contribution >= 4 is 30.0 Å². The van der Waals surface area contributed by atoms with Crippen molar-refractivity contribution in [3.63, 3.8) is 0 Å². The van der Waals surface area contributed by atoms with Crippen LogP contribution in [0.25, 0.3) is 10.8 Å². The van der Waals surface area contributed by atoms with Gasteiger partial charge in [0.15, 0.2) is 0 Å². The van der Waals surface area contributed by atoms with Gasteiger partial charge in [0.05, 0.1) is 17.7 Å². The Hall–Kier alpha value is -1.96. The van der Waals surface area contributed by atoms with Gasteiger partial charge in [-0.2, -0.15) is 5.10 Å². The lowest BCUT2D eigenvalue weighted by Gasteiger charge is -2.33. The van der Waals surface area contributed by atoms with Crippen molar-refractivity contribution in [1.82, 2.24) is 15.2 Å². The number of nitrogens with zero attached hydrogens (tertiary/aromatic N) is 4. The molecule has 0 unspecified atom stereocenters. The number of aromatic nitrogens is 3. The maximum Gasteiger partial charge on any atom is 0.325 e. The number of piperidine rings is 1. The van der Waals surface area contributed by atoms with Crippen LogP contribution in [-0.2, 0) is 4.57 Å². The minimum absolute atomic E-state index is 0.0691. The molecule has 9 nitrogen and oxygen atoms in total. The highest BCUT2D eigenvalue weighted by Gasteiger charge is 2.25. The molecular formula is C16H24N5O4P. The van der Waals surface area contributed by atoms with Crippen LogP contribution in [0.2, 0.25) is 0 Å². The van der Waals surface area contributed by atoms with Crippen LogP contribution in [0, 0.1) is 5.92 Å². The van der Waals surface area contributed by atoms with Gasteiger partial charge in [0, 0.05) is 32.6 Å². The summed E-state index contributed by atoms with van der Waals surface area (Å²) in [6.07, 6.45) is 3.72. The smallest absolute Gasteiger partial charge is 0.325 e. The Bertz CT molecular complexity index is 886. The molecule has 1 aliphatic heterocycles. The second-order valence-corrected chi connectivity index (χ2v) is 8.75. The Morgan fingerprint density at radius 3 is 2.65 bits per heavy atom. The highest BCUT2D eigenvalue weighted by Crippen LogP contribution is 2.38. The lowest BCUT2D eigenvalue weighted by molar-refractivity contribution is 0.350. The average Bonchev–Trinajstić information content (AvgIpc) is 2.59. The fourth-order valence-electron chi connectivity index (χ4n) is 3.33. The van der Waals surface area contributed by atoms with Gasteiger partial charge in [-0.15, -0.1) is 0 Å². The number of nitrogens with one attached hydrogen (secondary N) is 1. The summed E-state index contributed by atoms with van der Waals surface area (Å²) >= 11 is 0. The molecule has 0 bridgehead atoms. The van der Waals surface area contributed by atoms with E-state index in [9.17, 15) is 9.36 Å². The van der Waals surface area contributed by atoms with Crippen molar-refractivity contribution in [3.8, 4) is 0 Å². The van der Waals surface area contributed by atoms with Crippen LogP contribution in [0.15, 0.2) is 17.1 Å². The van der Waals surface area contributed by atoms with Crippen molar-refractivity contribution in [2.75, 3.05) is 43.1 Å². The lowest BCUT2D eigenvalue weighted by Crippen LogP contribution is -2.35. The van der Waals surface area contributed by atoms with Crippen LogP contribution in [-0.4, -0.2) is 58.3 Å². The highest BCUT2D eigenvalue weighted by atomic mass is 31.2. The molecule has 142 valence electrons. The molecule has 2 aromatic heterocycles. The van der Waals surface area contributed by atoms with E-state index in [1.807, 2.05) is 25.1 Å². The molecule has 10 heteroatoms. The van der Waals surface area contributed by atoms with E-state index in [0.29, 0.717) is 30.7 Å². The van der Waals surface area contributed by atoms with E-state index >= 15 is 0 Å². The third-order valence-electron chi connectivity index (χ3n) is 4.82. The molecule has 3 N–H and O–H groups in total. The van der Waals surface area contributed by atoms with Crippen molar-refractivity contribution in [2.24, 2.45) is 5.92 Å². The Kier molecular flexibility index (Phi) is 5.32. The number of pyridine rings is 1. The van der Waals surface area contributed by atoms with Gasteiger partial charge in [0.1, 0.15) is 11.6 Å². The molecule has 0 spiro atoms. The first kappa shape index (κ1) is 18.8. The minimum Gasteiger partial charge on any atom is -0.363 e. The van der Waals surface area contributed by atoms with E-state index in [2.05, 4.69) is 20.1 Å². The van der Waals surface area contributed by atoms with E-state index in [1.54, 1.807) is 6.20 Å². The SMILES string of the molecule is CN(C)c1cc2cn[nH]c(=O)c2c(N2CCC(CCP(=O)(O)O)CC2)n1. The summed E-state index contributed by atoms with van der Waals surface area (Å²) in [6.45, 7) is 1.40. The van der Waals surface area contributed by atoms with Gasteiger partial charge < -0.3 is 19.6 Å². The average molecular weight is 381 g/mol. The Morgan fingerprint density at radius 1 is 1.35 bits per heavy atom. The Morgan fingerprint density at radius 2 is 2.04 bits per heavy atom. The maximum absolute atomic E-state index is 12.3. The van der Waals surface area contributed by atoms with Gasteiger partial charge in [-0.3, -0.25) is 9.36 Å². The van der Waals surface area contributed by atoms with E-state index < -0.39 is 7.60 Å². The van der Waals surface area contributed by atoms with Crippen LogP contribution < -0.4 is 15.4 Å². The maximum atomic E-state index is 12.3. The van der Waals surface area contributed by atoms with E-state index in [4.69, 9.17) is 9.79 Å². The Labute approximate surface area is 151 Å². The zero-order valence-electron chi connectivity index (χ0n) is 14.9. The molecule has 1 aliphatic rings. The second-order valence-electron chi connectivity index (χ2n) is 6.97. The fourth-order valence-corrected chi connectivity index (χ4v) is 4.03. The summed E-state index contributed by atoms with van der Waals surface area (Å²) in [6, 6.07) is 1.84. The van der Waals surface area contributed by atoms with Crippen LogP contribution in [0.5, 0.6) is 0 Å². The first-order chi connectivity index (χ1) is 12.2. The van der Waals surface area contributed by atoms with E-state index in [-0.39, 0.29) is 17.6 Å². The zero-order chi connectivity index (χ0) is 18.9.